The zero-order valence-electron chi connectivity index (χ0n) is 76.1. The van der Waals surface area contributed by atoms with Crippen molar-refractivity contribution in [1.29, 1.82) is 0 Å². The number of benzene rings is 4. The second-order valence-corrected chi connectivity index (χ2v) is 35.6. The highest BCUT2D eigenvalue weighted by molar-refractivity contribution is 6.31. The van der Waals surface area contributed by atoms with Crippen molar-refractivity contribution in [1.82, 2.24) is 61.1 Å². The number of aliphatic hydroxyl groups excluding tert-OH is 4. The molecule has 4 aromatic heterocycles. The molecule has 8 fully saturated rings. The van der Waals surface area contributed by atoms with Crippen molar-refractivity contribution in [2.75, 3.05) is 185 Å². The first kappa shape index (κ1) is 95.5. The predicted molar refractivity (Wildman–Crippen MR) is 505 cm³/mol. The molecule has 690 valence electrons. The van der Waals surface area contributed by atoms with Gasteiger partial charge in [0.1, 0.15) is 114 Å². The number of hydrogen-bond donors (Lipinski definition) is 10. The van der Waals surface area contributed by atoms with Gasteiger partial charge in [0.15, 0.2) is 23.3 Å². The van der Waals surface area contributed by atoms with Crippen LogP contribution in [0.15, 0.2) is 103 Å². The van der Waals surface area contributed by atoms with Crippen LogP contribution >= 0.6 is 11.6 Å². The van der Waals surface area contributed by atoms with Crippen LogP contribution in [-0.2, 0) is 9.47 Å². The molecule has 4 saturated carbocycles. The highest BCUT2D eigenvalue weighted by atomic mass is 35.5. The van der Waals surface area contributed by atoms with E-state index in [0.29, 0.717) is 120 Å². The van der Waals surface area contributed by atoms with Gasteiger partial charge in [-0.25, -0.2) is 39.9 Å². The van der Waals surface area contributed by atoms with Gasteiger partial charge in [0, 0.05) is 185 Å². The van der Waals surface area contributed by atoms with Gasteiger partial charge in [-0.15, -0.1) is 0 Å². The SMILES string of the molecule is CNCC(O)COc1cc(Cl)cc(-c2nc(C3CC3)cc(N(C)C3CCCCC3)n2)c1.CNCC(O)COc1cc(OC)cc(-c2nc(C3CC3)cc(N(C)C3CCCCC3)n2)c1.CNCC(O)COc1cccc(-c2nc(NC3CCOCC3)cc(N3CCCCC3)n2)c1.CNCC(O)COc1cccc(-c2nc(N[C@H]3CCOC3)c(C)c(N3CCCCC3)n2)c1. The van der Waals surface area contributed by atoms with Crippen molar-refractivity contribution in [2.45, 2.75) is 215 Å². The first-order valence-corrected chi connectivity index (χ1v) is 47.1. The zero-order chi connectivity index (χ0) is 88.8. The maximum absolute atomic E-state index is 10.0. The minimum atomic E-state index is -0.586. The summed E-state index contributed by atoms with van der Waals surface area (Å²) in [7, 11) is 13.2. The Balaban J connectivity index is 0.000000145. The summed E-state index contributed by atoms with van der Waals surface area (Å²) in [6.45, 7) is 12.0. The second-order valence-electron chi connectivity index (χ2n) is 35.1. The maximum atomic E-state index is 10.0. The number of ether oxygens (including phenoxy) is 7. The molecule has 4 unspecified atom stereocenters. The van der Waals surface area contributed by atoms with Crippen LogP contribution in [0.3, 0.4) is 0 Å². The van der Waals surface area contributed by atoms with Gasteiger partial charge in [-0.3, -0.25) is 0 Å². The monoisotopic (exact) mass is 1770 g/mol. The quantitative estimate of drug-likeness (QED) is 0.0173. The molecule has 4 aliphatic heterocycles. The van der Waals surface area contributed by atoms with Crippen LogP contribution in [0, 0.1) is 6.92 Å². The topological polar surface area (TPSA) is 334 Å². The minimum absolute atomic E-state index is 0.194. The molecule has 0 radical (unpaired) electrons. The van der Waals surface area contributed by atoms with Crippen LogP contribution in [0.4, 0.5) is 34.9 Å². The van der Waals surface area contributed by atoms with Crippen LogP contribution in [0.5, 0.6) is 28.7 Å². The first-order chi connectivity index (χ1) is 61.9. The van der Waals surface area contributed by atoms with Gasteiger partial charge >= 0.3 is 0 Å². The fourth-order valence-electron chi connectivity index (χ4n) is 17.1. The van der Waals surface area contributed by atoms with Crippen molar-refractivity contribution < 1.29 is 53.6 Å². The lowest BCUT2D eigenvalue weighted by molar-refractivity contribution is 0.0904. The molecule has 127 heavy (non-hydrogen) atoms. The lowest BCUT2D eigenvalue weighted by atomic mass is 9.94. The Morgan fingerprint density at radius 3 is 1.34 bits per heavy atom. The summed E-state index contributed by atoms with van der Waals surface area (Å²) in [6, 6.07) is 35.0. The molecule has 4 saturated heterocycles. The summed E-state index contributed by atoms with van der Waals surface area (Å²) in [5, 5.41) is 59.4. The summed E-state index contributed by atoms with van der Waals surface area (Å²) >= 11 is 6.39. The molecule has 10 N–H and O–H groups in total. The summed E-state index contributed by atoms with van der Waals surface area (Å²) in [5.74, 6) is 12.8. The van der Waals surface area contributed by atoms with E-state index in [-0.39, 0.29) is 32.5 Å². The third kappa shape index (κ3) is 29.2. The second kappa shape index (κ2) is 49.1. The summed E-state index contributed by atoms with van der Waals surface area (Å²) < 4.78 is 39.8. The first-order valence-electron chi connectivity index (χ1n) is 46.7. The average Bonchev–Trinajstić information content (AvgIpc) is 1.77. The number of rotatable bonds is 37. The normalized spacial score (nSPS) is 18.5. The van der Waals surface area contributed by atoms with Crippen molar-refractivity contribution in [3.63, 3.8) is 0 Å². The Labute approximate surface area is 756 Å². The molecule has 30 heteroatoms. The van der Waals surface area contributed by atoms with Gasteiger partial charge in [0.05, 0.1) is 19.8 Å². The van der Waals surface area contributed by atoms with Gasteiger partial charge < -0.3 is 105 Å². The molecule has 4 aliphatic carbocycles. The molecular formula is C97H139ClN18O11. The van der Waals surface area contributed by atoms with Crippen LogP contribution in [-0.4, -0.2) is 263 Å². The van der Waals surface area contributed by atoms with Gasteiger partial charge in [0.2, 0.25) is 0 Å². The maximum Gasteiger partial charge on any atom is 0.164 e. The lowest BCUT2D eigenvalue weighted by Crippen LogP contribution is -2.34. The van der Waals surface area contributed by atoms with E-state index in [4.69, 9.17) is 84.6 Å². The van der Waals surface area contributed by atoms with Crippen molar-refractivity contribution in [2.24, 2.45) is 0 Å². The molecule has 29 nitrogen and oxygen atoms in total. The number of aliphatic hydroxyl groups is 4. The van der Waals surface area contributed by atoms with E-state index >= 15 is 0 Å². The van der Waals surface area contributed by atoms with E-state index in [9.17, 15) is 20.4 Å². The van der Waals surface area contributed by atoms with Crippen molar-refractivity contribution in [3.8, 4) is 74.3 Å². The van der Waals surface area contributed by atoms with Gasteiger partial charge in [-0.2, -0.15) is 0 Å². The number of methoxy groups -OCH3 is 1. The van der Waals surface area contributed by atoms with E-state index in [1.165, 1.54) is 128 Å². The molecular weight excluding hydrogens is 1630 g/mol. The van der Waals surface area contributed by atoms with Gasteiger partial charge in [-0.1, -0.05) is 74.4 Å². The van der Waals surface area contributed by atoms with Crippen LogP contribution in [0.1, 0.15) is 176 Å². The number of likely N-dealkylation sites (N-methyl/N-ethyl adjacent to an activating group) is 4. The Bertz CT molecular complexity index is 4670. The number of anilines is 6. The third-order valence-corrected chi connectivity index (χ3v) is 24.9. The van der Waals surface area contributed by atoms with Crippen molar-refractivity contribution >= 4 is 46.5 Å². The number of nitrogens with one attached hydrogen (secondary N) is 6. The number of hydrogen-bond acceptors (Lipinski definition) is 29. The van der Waals surface area contributed by atoms with Crippen molar-refractivity contribution in [3.05, 3.63) is 125 Å². The molecule has 0 spiro atoms. The molecule has 8 aromatic rings. The minimum Gasteiger partial charge on any atom is -0.497 e. The number of nitrogens with zero attached hydrogens (tertiary/aromatic N) is 12. The van der Waals surface area contributed by atoms with Gasteiger partial charge in [-0.05, 0) is 199 Å². The van der Waals surface area contributed by atoms with E-state index in [1.54, 1.807) is 27.3 Å². The van der Waals surface area contributed by atoms with Gasteiger partial charge in [0.25, 0.3) is 0 Å². The van der Waals surface area contributed by atoms with Crippen LogP contribution in [0.2, 0.25) is 5.02 Å². The predicted octanol–water partition coefficient (Wildman–Crippen LogP) is 13.4. The molecule has 5 atom stereocenters. The number of halogens is 1. The fraction of sp³-hybridized carbons (Fsp3) is 0.588. The fourth-order valence-corrected chi connectivity index (χ4v) is 17.3. The van der Waals surface area contributed by atoms with E-state index in [0.717, 1.165) is 139 Å². The Kier molecular flexibility index (Phi) is 36.9. The average molecular weight is 1770 g/mol. The Morgan fingerprint density at radius 1 is 0.425 bits per heavy atom. The summed E-state index contributed by atoms with van der Waals surface area (Å²) in [5.41, 5.74) is 6.84. The third-order valence-electron chi connectivity index (χ3n) is 24.7. The highest BCUT2D eigenvalue weighted by Gasteiger charge is 2.32. The Hall–Kier alpha value is -9.11. The van der Waals surface area contributed by atoms with E-state index in [1.807, 2.05) is 93.0 Å². The molecule has 4 aromatic carbocycles. The summed E-state index contributed by atoms with van der Waals surface area (Å²) in [4.78, 5) is 48.8. The van der Waals surface area contributed by atoms with E-state index in [2.05, 4.69) is 90.7 Å². The number of piperidine rings is 2. The Morgan fingerprint density at radius 2 is 0.858 bits per heavy atom. The summed E-state index contributed by atoms with van der Waals surface area (Å²) in [6.07, 6.45) is 25.5. The molecule has 16 rings (SSSR count). The van der Waals surface area contributed by atoms with Crippen LogP contribution < -0.4 is 75.2 Å². The lowest BCUT2D eigenvalue weighted by Gasteiger charge is -2.32. The standard InChI is InChI=1S/C25H36N4O3.C24H33ClN4O2.2C24H35N5O3/c1-26-15-20(30)16-32-22-12-18(11-21(13-22)31-3)25-27-23(17-9-10-17)14-24(28-25)29(2)19-7-5-4-6-8-19;1-26-14-20(30)15-31-21-11-17(10-18(25)12-21)24-27-22(16-8-9-16)13-23(28-24)29(2)19-6-4-3-5-7-19;1-17-22(26-19-9-12-31-15-19)27-23(28-24(17)29-10-4-3-5-11-29)18-7-6-8-21(13-18)32-16-20(30)14-25-2;1-25-16-20(30)17-32-21-7-5-6-18(14-21)24-27-22(26-19-8-12-31-13-9-19)15-23(28-24)29-10-3-2-4-11-29/h11-14,17,19-20,26,30H,4-10,15-16H2,1-3H3;10-13,16,19-20,26,30H,3-9,14-15H2,1-2H3;6-8,13,19-20,25,30H,3-5,9-12,14-16H2,1-2H3,(H,26,27,28);5-7,14-15,19-20,25,30H,2-4,8-13,16-17H2,1H3,(H,26,27,28)/t;;19-,20?;/m..0./s1. The molecule has 0 amide bonds. The smallest absolute Gasteiger partial charge is 0.164 e. The largest absolute Gasteiger partial charge is 0.497 e. The molecule has 0 bridgehead atoms. The number of aromatic nitrogens is 8. The zero-order valence-corrected chi connectivity index (χ0v) is 76.8. The van der Waals surface area contributed by atoms with E-state index < -0.39 is 24.4 Å². The highest BCUT2D eigenvalue weighted by Crippen LogP contribution is 2.44. The van der Waals surface area contributed by atoms with Crippen LogP contribution in [0.25, 0.3) is 45.6 Å². The molecule has 8 aliphatic rings. The molecule has 8 heterocycles.